The standard InChI is InChI=1S/C6H5BrN2O2/c7-5-3(6(10)11)1-9-2-4(5)8/h1-2H,8H2,(H,10,11). The average Bonchev–Trinajstić information content (AvgIpc) is 1.94. The Balaban J connectivity index is 3.27. The Morgan fingerprint density at radius 3 is 2.73 bits per heavy atom. The largest absolute Gasteiger partial charge is 0.478 e. The van der Waals surface area contributed by atoms with Crippen LogP contribution >= 0.6 is 15.9 Å². The molecule has 0 radical (unpaired) electrons. The van der Waals surface area contributed by atoms with Gasteiger partial charge in [-0.15, -0.1) is 0 Å². The van der Waals surface area contributed by atoms with E-state index in [2.05, 4.69) is 20.9 Å². The van der Waals surface area contributed by atoms with Crippen molar-refractivity contribution >= 4 is 27.6 Å². The number of pyridine rings is 1. The Kier molecular flexibility index (Phi) is 2.09. The molecule has 0 atom stereocenters. The Morgan fingerprint density at radius 2 is 2.27 bits per heavy atom. The summed E-state index contributed by atoms with van der Waals surface area (Å²) in [7, 11) is 0. The summed E-state index contributed by atoms with van der Waals surface area (Å²) in [5, 5.41) is 8.56. The van der Waals surface area contributed by atoms with E-state index < -0.39 is 5.97 Å². The lowest BCUT2D eigenvalue weighted by atomic mass is 10.3. The van der Waals surface area contributed by atoms with E-state index >= 15 is 0 Å². The molecule has 58 valence electrons. The third-order valence-corrected chi connectivity index (χ3v) is 2.02. The third-order valence-electron chi connectivity index (χ3n) is 1.14. The number of aromatic carboxylic acids is 1. The summed E-state index contributed by atoms with van der Waals surface area (Å²) in [6.07, 6.45) is 2.62. The molecule has 1 heterocycles. The van der Waals surface area contributed by atoms with Crippen molar-refractivity contribution in [2.75, 3.05) is 5.73 Å². The maximum atomic E-state index is 10.4. The van der Waals surface area contributed by atoms with E-state index in [-0.39, 0.29) is 5.56 Å². The molecule has 0 aliphatic carbocycles. The molecule has 0 aliphatic rings. The summed E-state index contributed by atoms with van der Waals surface area (Å²) in [5.74, 6) is -1.04. The van der Waals surface area contributed by atoms with Crippen LogP contribution in [-0.4, -0.2) is 16.1 Å². The molecule has 0 aromatic carbocycles. The third kappa shape index (κ3) is 1.48. The van der Waals surface area contributed by atoms with Crippen LogP contribution < -0.4 is 5.73 Å². The van der Waals surface area contributed by atoms with E-state index in [9.17, 15) is 4.79 Å². The molecule has 3 N–H and O–H groups in total. The molecule has 0 saturated heterocycles. The summed E-state index contributed by atoms with van der Waals surface area (Å²) in [4.78, 5) is 14.1. The van der Waals surface area contributed by atoms with Gasteiger partial charge in [0.05, 0.1) is 21.9 Å². The fourth-order valence-corrected chi connectivity index (χ4v) is 0.984. The van der Waals surface area contributed by atoms with Crippen LogP contribution in [0.15, 0.2) is 16.9 Å². The number of aromatic nitrogens is 1. The molecule has 1 aromatic heterocycles. The van der Waals surface area contributed by atoms with E-state index in [1.54, 1.807) is 0 Å². The number of nitrogens with zero attached hydrogens (tertiary/aromatic N) is 1. The lowest BCUT2D eigenvalue weighted by Gasteiger charge is -1.99. The maximum Gasteiger partial charge on any atom is 0.338 e. The first kappa shape index (κ1) is 8.00. The topological polar surface area (TPSA) is 76.2 Å². The fourth-order valence-electron chi connectivity index (χ4n) is 0.610. The van der Waals surface area contributed by atoms with Gasteiger partial charge >= 0.3 is 5.97 Å². The van der Waals surface area contributed by atoms with Crippen molar-refractivity contribution in [1.82, 2.24) is 4.98 Å². The van der Waals surface area contributed by atoms with Crippen LogP contribution in [0.2, 0.25) is 0 Å². The first-order chi connectivity index (χ1) is 5.13. The normalized spacial score (nSPS) is 9.55. The van der Waals surface area contributed by atoms with Crippen LogP contribution in [0.4, 0.5) is 5.69 Å². The fraction of sp³-hybridized carbons (Fsp3) is 0. The van der Waals surface area contributed by atoms with Crippen LogP contribution in [0.25, 0.3) is 0 Å². The summed E-state index contributed by atoms with van der Waals surface area (Å²) >= 11 is 3.03. The SMILES string of the molecule is Nc1cncc(C(=O)O)c1Br. The number of rotatable bonds is 1. The van der Waals surface area contributed by atoms with Gasteiger partial charge < -0.3 is 10.8 Å². The summed E-state index contributed by atoms with van der Waals surface area (Å²) in [5.41, 5.74) is 5.78. The highest BCUT2D eigenvalue weighted by Crippen LogP contribution is 2.21. The number of hydrogen-bond donors (Lipinski definition) is 2. The second-order valence-corrected chi connectivity index (χ2v) is 2.69. The van der Waals surface area contributed by atoms with Gasteiger partial charge in [-0.05, 0) is 15.9 Å². The van der Waals surface area contributed by atoms with Crippen LogP contribution in [0.1, 0.15) is 10.4 Å². The minimum absolute atomic E-state index is 0.0741. The van der Waals surface area contributed by atoms with Crippen molar-refractivity contribution in [3.05, 3.63) is 22.4 Å². The van der Waals surface area contributed by atoms with E-state index in [0.717, 1.165) is 0 Å². The summed E-state index contributed by atoms with van der Waals surface area (Å²) < 4.78 is 0.375. The molecule has 1 aromatic rings. The van der Waals surface area contributed by atoms with Gasteiger partial charge in [0.1, 0.15) is 0 Å². The zero-order valence-electron chi connectivity index (χ0n) is 5.41. The van der Waals surface area contributed by atoms with Crippen molar-refractivity contribution in [3.8, 4) is 0 Å². The predicted octanol–water partition coefficient (Wildman–Crippen LogP) is 1.12. The maximum absolute atomic E-state index is 10.4. The number of hydrogen-bond acceptors (Lipinski definition) is 3. The number of nitrogens with two attached hydrogens (primary N) is 1. The predicted molar refractivity (Wildman–Crippen MR) is 43.3 cm³/mol. The van der Waals surface area contributed by atoms with Crippen molar-refractivity contribution in [2.24, 2.45) is 0 Å². The van der Waals surface area contributed by atoms with Crippen LogP contribution in [0, 0.1) is 0 Å². The molecule has 0 spiro atoms. The first-order valence-electron chi connectivity index (χ1n) is 2.75. The van der Waals surface area contributed by atoms with Crippen molar-refractivity contribution < 1.29 is 9.90 Å². The number of carboxylic acid groups (broad SMARTS) is 1. The van der Waals surface area contributed by atoms with E-state index in [4.69, 9.17) is 10.8 Å². The molecule has 11 heavy (non-hydrogen) atoms. The smallest absolute Gasteiger partial charge is 0.338 e. The zero-order chi connectivity index (χ0) is 8.43. The first-order valence-corrected chi connectivity index (χ1v) is 3.54. The number of anilines is 1. The van der Waals surface area contributed by atoms with E-state index in [1.807, 2.05) is 0 Å². The lowest BCUT2D eigenvalue weighted by Crippen LogP contribution is -2.01. The molecule has 0 saturated carbocycles. The van der Waals surface area contributed by atoms with Gasteiger partial charge in [0, 0.05) is 6.20 Å². The van der Waals surface area contributed by atoms with Gasteiger partial charge in [-0.1, -0.05) is 0 Å². The van der Waals surface area contributed by atoms with Gasteiger partial charge in [0.2, 0.25) is 0 Å². The molecular weight excluding hydrogens is 212 g/mol. The quantitative estimate of drug-likeness (QED) is 0.738. The Morgan fingerprint density at radius 1 is 1.64 bits per heavy atom. The average molecular weight is 217 g/mol. The van der Waals surface area contributed by atoms with Crippen molar-refractivity contribution in [2.45, 2.75) is 0 Å². The van der Waals surface area contributed by atoms with Crippen molar-refractivity contribution in [1.29, 1.82) is 0 Å². The van der Waals surface area contributed by atoms with Gasteiger partial charge in [0.15, 0.2) is 0 Å². The van der Waals surface area contributed by atoms with Gasteiger partial charge in [-0.2, -0.15) is 0 Å². The highest BCUT2D eigenvalue weighted by Gasteiger charge is 2.09. The highest BCUT2D eigenvalue weighted by molar-refractivity contribution is 9.10. The molecule has 0 fully saturated rings. The molecule has 0 amide bonds. The van der Waals surface area contributed by atoms with Crippen LogP contribution in [0.5, 0.6) is 0 Å². The Labute approximate surface area is 71.2 Å². The molecular formula is C6H5BrN2O2. The van der Waals surface area contributed by atoms with Crippen molar-refractivity contribution in [3.63, 3.8) is 0 Å². The number of nitrogen functional groups attached to an aromatic ring is 1. The molecule has 1 rings (SSSR count). The van der Waals surface area contributed by atoms with Gasteiger partial charge in [-0.25, -0.2) is 4.79 Å². The molecule has 0 aliphatic heterocycles. The van der Waals surface area contributed by atoms with E-state index in [0.29, 0.717) is 10.2 Å². The molecule has 5 heteroatoms. The van der Waals surface area contributed by atoms with E-state index in [1.165, 1.54) is 12.4 Å². The van der Waals surface area contributed by atoms with Crippen LogP contribution in [-0.2, 0) is 0 Å². The number of halogens is 1. The molecule has 0 unspecified atom stereocenters. The lowest BCUT2D eigenvalue weighted by molar-refractivity contribution is 0.0695. The van der Waals surface area contributed by atoms with Crippen LogP contribution in [0.3, 0.4) is 0 Å². The summed E-state index contributed by atoms with van der Waals surface area (Å²) in [6.45, 7) is 0. The molecule has 4 nitrogen and oxygen atoms in total. The number of carbonyl (C=O) groups is 1. The summed E-state index contributed by atoms with van der Waals surface area (Å²) in [6, 6.07) is 0. The minimum atomic E-state index is -1.04. The zero-order valence-corrected chi connectivity index (χ0v) is 7.00. The second kappa shape index (κ2) is 2.87. The van der Waals surface area contributed by atoms with Gasteiger partial charge in [0.25, 0.3) is 0 Å². The van der Waals surface area contributed by atoms with Gasteiger partial charge in [-0.3, -0.25) is 4.98 Å². The molecule has 0 bridgehead atoms. The second-order valence-electron chi connectivity index (χ2n) is 1.90. The Bertz CT molecular complexity index is 301. The number of carboxylic acids is 1. The monoisotopic (exact) mass is 216 g/mol. The highest BCUT2D eigenvalue weighted by atomic mass is 79.9. The Hall–Kier alpha value is -1.10. The minimum Gasteiger partial charge on any atom is -0.478 e.